The second-order valence-corrected chi connectivity index (χ2v) is 7.35. The fourth-order valence-electron chi connectivity index (χ4n) is 3.78. The minimum absolute atomic E-state index is 0.0234. The molecule has 6 nitrogen and oxygen atoms in total. The zero-order valence-corrected chi connectivity index (χ0v) is 17.5. The van der Waals surface area contributed by atoms with Gasteiger partial charge in [-0.1, -0.05) is 36.8 Å². The molecule has 1 aromatic heterocycles. The van der Waals surface area contributed by atoms with E-state index < -0.39 is 0 Å². The van der Waals surface area contributed by atoms with E-state index in [0.717, 1.165) is 43.3 Å². The van der Waals surface area contributed by atoms with Crippen molar-refractivity contribution in [1.29, 1.82) is 0 Å². The third-order valence-corrected chi connectivity index (χ3v) is 5.18. The van der Waals surface area contributed by atoms with Crippen LogP contribution < -0.4 is 10.2 Å². The highest BCUT2D eigenvalue weighted by Gasteiger charge is 2.25. The number of aryl methyl sites for hydroxylation is 3. The smallest absolute Gasteiger partial charge is 0.317 e. The molecule has 0 bridgehead atoms. The van der Waals surface area contributed by atoms with Crippen LogP contribution in [0.5, 0.6) is 0 Å². The normalized spacial score (nSPS) is 14.3. The van der Waals surface area contributed by atoms with Gasteiger partial charge in [0.25, 0.3) is 0 Å². The van der Waals surface area contributed by atoms with E-state index in [4.69, 9.17) is 9.97 Å². The Hall–Kier alpha value is -2.63. The lowest BCUT2D eigenvalue weighted by molar-refractivity contribution is 0.195. The summed E-state index contributed by atoms with van der Waals surface area (Å²) in [5, 5.41) is 2.89. The average Bonchev–Trinajstić information content (AvgIpc) is 2.69. The lowest BCUT2D eigenvalue weighted by Crippen LogP contribution is -2.52. The molecule has 0 unspecified atom stereocenters. The summed E-state index contributed by atoms with van der Waals surface area (Å²) < 4.78 is 0. The Labute approximate surface area is 168 Å². The number of amides is 2. The molecular formula is C22H31N5O. The maximum absolute atomic E-state index is 12.1. The molecule has 1 N–H and O–H groups in total. The van der Waals surface area contributed by atoms with Gasteiger partial charge in [-0.25, -0.2) is 14.8 Å². The van der Waals surface area contributed by atoms with Crippen molar-refractivity contribution >= 4 is 11.8 Å². The van der Waals surface area contributed by atoms with E-state index in [1.54, 1.807) is 0 Å². The SMILES string of the molecule is CCNC(=O)N1CCN(c2nc(C)nc(CC)c2Cc2cccc(C)c2)CC1. The fourth-order valence-corrected chi connectivity index (χ4v) is 3.78. The minimum atomic E-state index is 0.0234. The molecule has 0 aliphatic carbocycles. The standard InChI is InChI=1S/C22H31N5O/c1-5-20-19(15-18-9-7-8-16(3)14-18)21(25-17(4)24-20)26-10-12-27(13-11-26)22(28)23-6-2/h7-9,14H,5-6,10-13,15H2,1-4H3,(H,23,28). The summed E-state index contributed by atoms with van der Waals surface area (Å²) in [5.74, 6) is 1.84. The van der Waals surface area contributed by atoms with Gasteiger partial charge in [0.05, 0.1) is 0 Å². The maximum Gasteiger partial charge on any atom is 0.317 e. The molecule has 1 aliphatic rings. The molecule has 2 heterocycles. The number of hydrogen-bond acceptors (Lipinski definition) is 4. The molecule has 150 valence electrons. The second-order valence-electron chi connectivity index (χ2n) is 7.35. The number of carbonyl (C=O) groups excluding carboxylic acids is 1. The van der Waals surface area contributed by atoms with Crippen molar-refractivity contribution in [2.24, 2.45) is 0 Å². The topological polar surface area (TPSA) is 61.4 Å². The van der Waals surface area contributed by atoms with Gasteiger partial charge in [0, 0.05) is 50.4 Å². The summed E-state index contributed by atoms with van der Waals surface area (Å²) in [6.07, 6.45) is 1.72. The van der Waals surface area contributed by atoms with Crippen molar-refractivity contribution in [2.75, 3.05) is 37.6 Å². The molecule has 0 saturated carbocycles. The van der Waals surface area contributed by atoms with Crippen LogP contribution in [0.4, 0.5) is 10.6 Å². The number of piperazine rings is 1. The van der Waals surface area contributed by atoms with Crippen molar-refractivity contribution in [3.05, 3.63) is 52.5 Å². The van der Waals surface area contributed by atoms with Gasteiger partial charge in [0.2, 0.25) is 0 Å². The molecule has 6 heteroatoms. The molecule has 0 radical (unpaired) electrons. The molecule has 3 rings (SSSR count). The number of anilines is 1. The van der Waals surface area contributed by atoms with Gasteiger partial charge in [-0.15, -0.1) is 0 Å². The van der Waals surface area contributed by atoms with Gasteiger partial charge in [0.1, 0.15) is 11.6 Å². The highest BCUT2D eigenvalue weighted by molar-refractivity contribution is 5.74. The first-order valence-corrected chi connectivity index (χ1v) is 10.2. The van der Waals surface area contributed by atoms with Gasteiger partial charge in [0.15, 0.2) is 0 Å². The molecule has 2 amide bonds. The first kappa shape index (κ1) is 20.1. The van der Waals surface area contributed by atoms with Gasteiger partial charge >= 0.3 is 6.03 Å². The number of rotatable bonds is 5. The van der Waals surface area contributed by atoms with E-state index in [-0.39, 0.29) is 6.03 Å². The second kappa shape index (κ2) is 9.04. The molecule has 1 aromatic carbocycles. The lowest BCUT2D eigenvalue weighted by Gasteiger charge is -2.36. The zero-order chi connectivity index (χ0) is 20.1. The maximum atomic E-state index is 12.1. The van der Waals surface area contributed by atoms with Gasteiger partial charge in [-0.3, -0.25) is 0 Å². The molecular weight excluding hydrogens is 350 g/mol. The van der Waals surface area contributed by atoms with Crippen LogP contribution in [0.1, 0.15) is 42.1 Å². The summed E-state index contributed by atoms with van der Waals surface area (Å²) in [6, 6.07) is 8.66. The number of nitrogens with zero attached hydrogens (tertiary/aromatic N) is 4. The molecule has 0 atom stereocenters. The summed E-state index contributed by atoms with van der Waals surface area (Å²) in [4.78, 5) is 25.9. The van der Waals surface area contributed by atoms with E-state index in [2.05, 4.69) is 48.3 Å². The van der Waals surface area contributed by atoms with Crippen molar-refractivity contribution in [3.8, 4) is 0 Å². The van der Waals surface area contributed by atoms with Crippen LogP contribution in [0, 0.1) is 13.8 Å². The Balaban J connectivity index is 1.86. The number of carbonyl (C=O) groups is 1. The highest BCUT2D eigenvalue weighted by atomic mass is 16.2. The van der Waals surface area contributed by atoms with E-state index in [0.29, 0.717) is 19.6 Å². The van der Waals surface area contributed by atoms with Crippen LogP contribution in [0.15, 0.2) is 24.3 Å². The van der Waals surface area contributed by atoms with Crippen molar-refractivity contribution in [3.63, 3.8) is 0 Å². The monoisotopic (exact) mass is 381 g/mol. The predicted octanol–water partition coefficient (Wildman–Crippen LogP) is 3.10. The van der Waals surface area contributed by atoms with Crippen LogP contribution in [0.3, 0.4) is 0 Å². The molecule has 28 heavy (non-hydrogen) atoms. The fraction of sp³-hybridized carbons (Fsp3) is 0.500. The molecule has 1 saturated heterocycles. The molecule has 1 fully saturated rings. The largest absolute Gasteiger partial charge is 0.353 e. The number of nitrogens with one attached hydrogen (secondary N) is 1. The lowest BCUT2D eigenvalue weighted by atomic mass is 10.0. The number of benzene rings is 1. The minimum Gasteiger partial charge on any atom is -0.353 e. The summed E-state index contributed by atoms with van der Waals surface area (Å²) >= 11 is 0. The summed E-state index contributed by atoms with van der Waals surface area (Å²) in [5.41, 5.74) is 4.88. The van der Waals surface area contributed by atoms with Crippen LogP contribution in [0.2, 0.25) is 0 Å². The summed E-state index contributed by atoms with van der Waals surface area (Å²) in [6.45, 7) is 11.8. The molecule has 0 spiro atoms. The number of hydrogen-bond donors (Lipinski definition) is 1. The number of aromatic nitrogens is 2. The Kier molecular flexibility index (Phi) is 6.49. The van der Waals surface area contributed by atoms with E-state index in [9.17, 15) is 4.79 Å². The third kappa shape index (κ3) is 4.61. The Morgan fingerprint density at radius 2 is 1.86 bits per heavy atom. The van der Waals surface area contributed by atoms with E-state index >= 15 is 0 Å². The first-order chi connectivity index (χ1) is 13.5. The Morgan fingerprint density at radius 3 is 2.50 bits per heavy atom. The van der Waals surface area contributed by atoms with Crippen molar-refractivity contribution in [1.82, 2.24) is 20.2 Å². The average molecular weight is 382 g/mol. The number of urea groups is 1. The third-order valence-electron chi connectivity index (χ3n) is 5.18. The Bertz CT molecular complexity index is 828. The van der Waals surface area contributed by atoms with Crippen LogP contribution in [-0.2, 0) is 12.8 Å². The van der Waals surface area contributed by atoms with Crippen molar-refractivity contribution < 1.29 is 4.79 Å². The Morgan fingerprint density at radius 1 is 1.11 bits per heavy atom. The van der Waals surface area contributed by atoms with Gasteiger partial charge in [-0.05, 0) is 32.8 Å². The van der Waals surface area contributed by atoms with Crippen LogP contribution >= 0.6 is 0 Å². The predicted molar refractivity (Wildman–Crippen MR) is 113 cm³/mol. The highest BCUT2D eigenvalue weighted by Crippen LogP contribution is 2.26. The first-order valence-electron chi connectivity index (χ1n) is 10.2. The van der Waals surface area contributed by atoms with E-state index in [1.807, 2.05) is 18.7 Å². The van der Waals surface area contributed by atoms with Crippen LogP contribution in [-0.4, -0.2) is 53.6 Å². The van der Waals surface area contributed by atoms with Gasteiger partial charge < -0.3 is 15.1 Å². The van der Waals surface area contributed by atoms with Gasteiger partial charge in [-0.2, -0.15) is 0 Å². The molecule has 2 aromatic rings. The summed E-state index contributed by atoms with van der Waals surface area (Å²) in [7, 11) is 0. The molecule has 1 aliphatic heterocycles. The van der Waals surface area contributed by atoms with E-state index in [1.165, 1.54) is 16.7 Å². The van der Waals surface area contributed by atoms with Crippen molar-refractivity contribution in [2.45, 2.75) is 40.5 Å². The zero-order valence-electron chi connectivity index (χ0n) is 17.5. The quantitative estimate of drug-likeness (QED) is 0.865. The van der Waals surface area contributed by atoms with Crippen LogP contribution in [0.25, 0.3) is 0 Å².